The molecule has 2 heterocycles. The van der Waals surface area contributed by atoms with E-state index in [1.807, 2.05) is 38.1 Å². The number of ether oxygens (including phenoxy) is 3. The molecule has 1 fully saturated rings. The predicted molar refractivity (Wildman–Crippen MR) is 140 cm³/mol. The maximum Gasteiger partial charge on any atom is 0.373 e. The van der Waals surface area contributed by atoms with Crippen LogP contribution in [0.25, 0.3) is 6.08 Å². The van der Waals surface area contributed by atoms with Crippen molar-refractivity contribution in [1.29, 1.82) is 0 Å². The van der Waals surface area contributed by atoms with E-state index in [1.54, 1.807) is 18.2 Å². The summed E-state index contributed by atoms with van der Waals surface area (Å²) in [7, 11) is 1.23. The minimum Gasteiger partial charge on any atom is -0.490 e. The molecular weight excluding hydrogens is 518 g/mol. The maximum atomic E-state index is 13.0. The molecule has 0 bridgehead atoms. The molecule has 1 saturated heterocycles. The molecule has 1 aliphatic heterocycles. The number of aryl methyl sites for hydroxylation is 1. The van der Waals surface area contributed by atoms with Crippen molar-refractivity contribution in [2.24, 2.45) is 0 Å². The number of imide groups is 1. The zero-order valence-electron chi connectivity index (χ0n) is 20.4. The van der Waals surface area contributed by atoms with Gasteiger partial charge in [0.2, 0.25) is 5.76 Å². The van der Waals surface area contributed by atoms with Crippen LogP contribution >= 0.6 is 23.4 Å². The number of carbonyl (C=O) groups is 3. The highest BCUT2D eigenvalue weighted by Crippen LogP contribution is 2.40. The fourth-order valence-electron chi connectivity index (χ4n) is 3.65. The zero-order chi connectivity index (χ0) is 26.5. The Bertz CT molecular complexity index is 1380. The van der Waals surface area contributed by atoms with Crippen LogP contribution in [0.15, 0.2) is 57.9 Å². The van der Waals surface area contributed by atoms with E-state index in [-0.39, 0.29) is 23.0 Å². The highest BCUT2D eigenvalue weighted by Gasteiger charge is 2.36. The molecule has 0 atom stereocenters. The molecule has 192 valence electrons. The van der Waals surface area contributed by atoms with E-state index >= 15 is 0 Å². The minimum absolute atomic E-state index is 0.0113. The summed E-state index contributed by atoms with van der Waals surface area (Å²) in [6, 6.07) is 14.3. The Labute approximate surface area is 223 Å². The second kappa shape index (κ2) is 11.6. The monoisotopic (exact) mass is 541 g/mol. The normalized spacial score (nSPS) is 14.4. The summed E-state index contributed by atoms with van der Waals surface area (Å²) < 4.78 is 21.7. The van der Waals surface area contributed by atoms with Crippen LogP contribution in [-0.2, 0) is 22.7 Å². The Balaban J connectivity index is 1.53. The summed E-state index contributed by atoms with van der Waals surface area (Å²) in [6.07, 6.45) is 1.58. The Morgan fingerprint density at radius 1 is 1.14 bits per heavy atom. The van der Waals surface area contributed by atoms with Gasteiger partial charge in [-0.2, -0.15) is 0 Å². The summed E-state index contributed by atoms with van der Waals surface area (Å²) in [4.78, 5) is 38.4. The molecule has 0 N–H and O–H groups in total. The summed E-state index contributed by atoms with van der Waals surface area (Å²) in [6.45, 7) is 4.43. The molecule has 0 aliphatic carbocycles. The van der Waals surface area contributed by atoms with Crippen LogP contribution in [0.3, 0.4) is 0 Å². The van der Waals surface area contributed by atoms with Crippen LogP contribution in [0.1, 0.15) is 39.9 Å². The average Bonchev–Trinajstić information content (AvgIpc) is 3.44. The van der Waals surface area contributed by atoms with Crippen LogP contribution in [0.2, 0.25) is 5.02 Å². The number of benzene rings is 2. The number of methoxy groups -OCH3 is 1. The van der Waals surface area contributed by atoms with Crippen LogP contribution in [-0.4, -0.2) is 35.7 Å². The van der Waals surface area contributed by atoms with Gasteiger partial charge < -0.3 is 18.6 Å². The van der Waals surface area contributed by atoms with Crippen molar-refractivity contribution in [1.82, 2.24) is 4.90 Å². The summed E-state index contributed by atoms with van der Waals surface area (Å²) in [5.41, 5.74) is 2.69. The van der Waals surface area contributed by atoms with Gasteiger partial charge in [0.05, 0.1) is 30.2 Å². The topological polar surface area (TPSA) is 95.3 Å². The smallest absolute Gasteiger partial charge is 0.373 e. The molecule has 0 saturated carbocycles. The second-order valence-corrected chi connectivity index (χ2v) is 9.47. The van der Waals surface area contributed by atoms with Crippen molar-refractivity contribution in [3.05, 3.63) is 86.7 Å². The number of amides is 2. The van der Waals surface area contributed by atoms with E-state index in [0.717, 1.165) is 27.8 Å². The van der Waals surface area contributed by atoms with Gasteiger partial charge in [0.15, 0.2) is 11.5 Å². The molecule has 2 amide bonds. The molecule has 4 rings (SSSR count). The van der Waals surface area contributed by atoms with Crippen molar-refractivity contribution < 1.29 is 33.0 Å². The summed E-state index contributed by atoms with van der Waals surface area (Å²) in [5.74, 6) is -0.0365. The Morgan fingerprint density at radius 2 is 1.95 bits per heavy atom. The molecule has 8 nitrogen and oxygen atoms in total. The lowest BCUT2D eigenvalue weighted by atomic mass is 10.1. The van der Waals surface area contributed by atoms with Gasteiger partial charge in [0.25, 0.3) is 11.1 Å². The fraction of sp³-hybridized carbons (Fsp3) is 0.222. The van der Waals surface area contributed by atoms with E-state index < -0.39 is 17.1 Å². The number of carbonyl (C=O) groups excluding carboxylic acids is 3. The number of furan rings is 1. The molecule has 1 aliphatic rings. The van der Waals surface area contributed by atoms with Crippen molar-refractivity contribution >= 4 is 46.6 Å². The third-order valence-electron chi connectivity index (χ3n) is 5.33. The standard InChI is InChI=1S/C27H24ClNO7S/c1-4-34-22-12-18(11-20(28)24(22)35-15-17-7-5-6-16(2)10-17)13-23-25(30)29(27(32)37-23)14-19-8-9-21(36-19)26(31)33-3/h5-13H,4,14-15H2,1-3H3/b23-13+. The number of hydrogen-bond donors (Lipinski definition) is 0. The highest BCUT2D eigenvalue weighted by atomic mass is 35.5. The van der Waals surface area contributed by atoms with Crippen LogP contribution in [0, 0.1) is 6.92 Å². The first kappa shape index (κ1) is 26.4. The van der Waals surface area contributed by atoms with Crippen molar-refractivity contribution in [2.75, 3.05) is 13.7 Å². The van der Waals surface area contributed by atoms with Crippen LogP contribution < -0.4 is 9.47 Å². The van der Waals surface area contributed by atoms with Gasteiger partial charge in [0, 0.05) is 0 Å². The number of esters is 1. The molecule has 3 aromatic rings. The van der Waals surface area contributed by atoms with Gasteiger partial charge in [-0.1, -0.05) is 41.4 Å². The molecule has 0 spiro atoms. The van der Waals surface area contributed by atoms with Crippen LogP contribution in [0.4, 0.5) is 4.79 Å². The SMILES string of the molecule is CCOc1cc(/C=C2/SC(=O)N(Cc3ccc(C(=O)OC)o3)C2=O)cc(Cl)c1OCc1cccc(C)c1. The highest BCUT2D eigenvalue weighted by molar-refractivity contribution is 8.18. The molecule has 1 aromatic heterocycles. The Morgan fingerprint density at radius 3 is 2.68 bits per heavy atom. The van der Waals surface area contributed by atoms with E-state index in [9.17, 15) is 14.4 Å². The fourth-order valence-corrected chi connectivity index (χ4v) is 4.76. The lowest BCUT2D eigenvalue weighted by Gasteiger charge is -2.15. The first-order valence-corrected chi connectivity index (χ1v) is 12.6. The molecule has 0 unspecified atom stereocenters. The van der Waals surface area contributed by atoms with Gasteiger partial charge in [-0.05, 0) is 67.1 Å². The number of rotatable bonds is 9. The van der Waals surface area contributed by atoms with Crippen molar-refractivity contribution in [2.45, 2.75) is 27.0 Å². The Hall–Kier alpha value is -3.69. The van der Waals surface area contributed by atoms with Crippen molar-refractivity contribution in [3.8, 4) is 11.5 Å². The van der Waals surface area contributed by atoms with Gasteiger partial charge in [0.1, 0.15) is 12.4 Å². The number of hydrogen-bond acceptors (Lipinski definition) is 8. The van der Waals surface area contributed by atoms with E-state index in [2.05, 4.69) is 4.74 Å². The summed E-state index contributed by atoms with van der Waals surface area (Å²) in [5, 5.41) is -0.142. The number of halogens is 1. The lowest BCUT2D eigenvalue weighted by Crippen LogP contribution is -2.27. The van der Waals surface area contributed by atoms with Gasteiger partial charge in [-0.3, -0.25) is 14.5 Å². The lowest BCUT2D eigenvalue weighted by molar-refractivity contribution is -0.123. The molecular formula is C27H24ClNO7S. The number of nitrogens with zero attached hydrogens (tertiary/aromatic N) is 1. The van der Waals surface area contributed by atoms with Crippen molar-refractivity contribution in [3.63, 3.8) is 0 Å². The molecule has 37 heavy (non-hydrogen) atoms. The molecule has 10 heteroatoms. The minimum atomic E-state index is -0.645. The summed E-state index contributed by atoms with van der Waals surface area (Å²) >= 11 is 7.34. The predicted octanol–water partition coefficient (Wildman–Crippen LogP) is 6.24. The maximum absolute atomic E-state index is 13.0. The third-order valence-corrected chi connectivity index (χ3v) is 6.52. The van der Waals surface area contributed by atoms with Crippen LogP contribution in [0.5, 0.6) is 11.5 Å². The average molecular weight is 542 g/mol. The number of thioether (sulfide) groups is 1. The molecule has 2 aromatic carbocycles. The van der Waals surface area contributed by atoms with E-state index in [4.69, 9.17) is 25.5 Å². The van der Waals surface area contributed by atoms with Gasteiger partial charge in [-0.15, -0.1) is 0 Å². The zero-order valence-corrected chi connectivity index (χ0v) is 22.0. The van der Waals surface area contributed by atoms with Gasteiger partial charge in [-0.25, -0.2) is 4.79 Å². The molecule has 0 radical (unpaired) electrons. The third kappa shape index (κ3) is 6.18. The first-order valence-electron chi connectivity index (χ1n) is 11.4. The quantitative estimate of drug-likeness (QED) is 0.232. The largest absolute Gasteiger partial charge is 0.490 e. The first-order chi connectivity index (χ1) is 17.8. The Kier molecular flexibility index (Phi) is 8.25. The van der Waals surface area contributed by atoms with E-state index in [1.165, 1.54) is 19.2 Å². The van der Waals surface area contributed by atoms with E-state index in [0.29, 0.717) is 35.3 Å². The second-order valence-electron chi connectivity index (χ2n) is 8.07. The van der Waals surface area contributed by atoms with Gasteiger partial charge >= 0.3 is 5.97 Å².